The van der Waals surface area contributed by atoms with Crippen LogP contribution in [0.3, 0.4) is 0 Å². The normalized spacial score (nSPS) is 10.7. The number of hydrogen-bond donors (Lipinski definition) is 1. The van der Waals surface area contributed by atoms with Crippen LogP contribution < -0.4 is 0 Å². The van der Waals surface area contributed by atoms with E-state index in [2.05, 4.69) is 10.2 Å². The predicted octanol–water partition coefficient (Wildman–Crippen LogP) is 3.46. The van der Waals surface area contributed by atoms with Gasteiger partial charge in [-0.3, -0.25) is 14.7 Å². The molecule has 116 valence electrons. The number of ketones is 2. The molecule has 0 aliphatic heterocycles. The van der Waals surface area contributed by atoms with Crippen molar-refractivity contribution in [1.29, 1.82) is 0 Å². The molecule has 0 aliphatic rings. The lowest BCUT2D eigenvalue weighted by Crippen LogP contribution is -2.10. The Hall–Kier alpha value is -2.60. The number of Topliss-reactive ketones (excluding diaryl/α,β-unsaturated/α-hetero) is 2. The average molecular weight is 328 g/mol. The van der Waals surface area contributed by atoms with Gasteiger partial charge in [0.25, 0.3) is 0 Å². The smallest absolute Gasteiger partial charge is 0.185 e. The molecule has 0 saturated heterocycles. The zero-order valence-corrected chi connectivity index (χ0v) is 12.9. The quantitative estimate of drug-likeness (QED) is 0.705. The largest absolute Gasteiger partial charge is 0.294 e. The second kappa shape index (κ2) is 6.66. The fourth-order valence-electron chi connectivity index (χ4n) is 2.26. The van der Waals surface area contributed by atoms with E-state index in [-0.39, 0.29) is 30.2 Å². The lowest BCUT2D eigenvalue weighted by Gasteiger charge is -2.03. The van der Waals surface area contributed by atoms with Crippen LogP contribution in [0, 0.1) is 5.82 Å². The summed E-state index contributed by atoms with van der Waals surface area (Å²) in [7, 11) is 0. The molecule has 0 atom stereocenters. The molecule has 0 spiro atoms. The highest BCUT2D eigenvalue weighted by Gasteiger charge is 2.17. The molecule has 6 heteroatoms. The Balaban J connectivity index is 1.73. The van der Waals surface area contributed by atoms with Gasteiger partial charge in [-0.05, 0) is 29.1 Å². The van der Waals surface area contributed by atoms with E-state index in [1.54, 1.807) is 23.6 Å². The molecule has 1 aromatic carbocycles. The summed E-state index contributed by atoms with van der Waals surface area (Å²) in [5.74, 6) is -0.574. The van der Waals surface area contributed by atoms with Crippen LogP contribution in [0.4, 0.5) is 4.39 Å². The maximum Gasteiger partial charge on any atom is 0.185 e. The summed E-state index contributed by atoms with van der Waals surface area (Å²) >= 11 is 1.45. The molecule has 0 saturated carbocycles. The highest BCUT2D eigenvalue weighted by molar-refractivity contribution is 7.08. The van der Waals surface area contributed by atoms with Gasteiger partial charge in [0.15, 0.2) is 11.6 Å². The van der Waals surface area contributed by atoms with Crippen LogP contribution in [0.2, 0.25) is 0 Å². The second-order valence-electron chi connectivity index (χ2n) is 5.11. The minimum atomic E-state index is -0.343. The van der Waals surface area contributed by atoms with E-state index >= 15 is 0 Å². The molecule has 0 bridgehead atoms. The number of H-pyrrole nitrogens is 1. The Morgan fingerprint density at radius 2 is 1.87 bits per heavy atom. The topological polar surface area (TPSA) is 62.8 Å². The maximum atomic E-state index is 12.9. The molecule has 0 unspecified atom stereocenters. The fraction of sp³-hybridized carbons (Fsp3) is 0.118. The molecule has 0 fully saturated rings. The van der Waals surface area contributed by atoms with Gasteiger partial charge >= 0.3 is 0 Å². The summed E-state index contributed by atoms with van der Waals surface area (Å²) in [5, 5.41) is 10.2. The van der Waals surface area contributed by atoms with Crippen molar-refractivity contribution in [2.45, 2.75) is 12.8 Å². The van der Waals surface area contributed by atoms with Crippen molar-refractivity contribution < 1.29 is 14.0 Å². The van der Waals surface area contributed by atoms with Crippen molar-refractivity contribution in [3.63, 3.8) is 0 Å². The van der Waals surface area contributed by atoms with Gasteiger partial charge in [-0.2, -0.15) is 16.4 Å². The lowest BCUT2D eigenvalue weighted by molar-refractivity contribution is 0.0985. The van der Waals surface area contributed by atoms with Gasteiger partial charge in [-0.1, -0.05) is 12.1 Å². The number of halogens is 1. The number of nitrogens with zero attached hydrogens (tertiary/aromatic N) is 1. The van der Waals surface area contributed by atoms with Crippen LogP contribution in [0.15, 0.2) is 47.3 Å². The number of carbonyl (C=O) groups is 2. The molecule has 2 heterocycles. The Kier molecular flexibility index (Phi) is 4.43. The minimum absolute atomic E-state index is 0.0523. The van der Waals surface area contributed by atoms with Crippen molar-refractivity contribution in [3.05, 3.63) is 75.5 Å². The van der Waals surface area contributed by atoms with Gasteiger partial charge in [0.2, 0.25) is 0 Å². The lowest BCUT2D eigenvalue weighted by atomic mass is 10.0. The molecule has 4 nitrogen and oxygen atoms in total. The second-order valence-corrected chi connectivity index (χ2v) is 5.89. The summed E-state index contributed by atoms with van der Waals surface area (Å²) in [4.78, 5) is 24.5. The average Bonchev–Trinajstić information content (AvgIpc) is 3.20. The van der Waals surface area contributed by atoms with E-state index in [0.717, 1.165) is 0 Å². The van der Waals surface area contributed by atoms with E-state index in [9.17, 15) is 14.0 Å². The number of thiophene rings is 1. The van der Waals surface area contributed by atoms with Crippen LogP contribution >= 0.6 is 11.3 Å². The molecule has 0 radical (unpaired) electrons. The van der Waals surface area contributed by atoms with E-state index in [0.29, 0.717) is 22.4 Å². The number of carbonyl (C=O) groups excluding carboxylic acids is 2. The van der Waals surface area contributed by atoms with Crippen molar-refractivity contribution in [3.8, 4) is 0 Å². The van der Waals surface area contributed by atoms with Crippen LogP contribution in [0.25, 0.3) is 0 Å². The molecule has 0 amide bonds. The summed E-state index contributed by atoms with van der Waals surface area (Å²) in [6, 6.07) is 7.53. The van der Waals surface area contributed by atoms with E-state index in [1.807, 2.05) is 5.38 Å². The first-order chi connectivity index (χ1) is 11.1. The number of aromatic nitrogens is 2. The van der Waals surface area contributed by atoms with Gasteiger partial charge in [-0.25, -0.2) is 4.39 Å². The van der Waals surface area contributed by atoms with E-state index in [4.69, 9.17) is 0 Å². The van der Waals surface area contributed by atoms with Crippen LogP contribution in [-0.4, -0.2) is 21.8 Å². The molecule has 0 aliphatic carbocycles. The van der Waals surface area contributed by atoms with E-state index in [1.165, 1.54) is 29.7 Å². The van der Waals surface area contributed by atoms with Crippen LogP contribution in [0.1, 0.15) is 32.0 Å². The highest BCUT2D eigenvalue weighted by atomic mass is 32.1. The minimum Gasteiger partial charge on any atom is -0.294 e. The summed E-state index contributed by atoms with van der Waals surface area (Å²) in [6.07, 6.45) is 1.75. The van der Waals surface area contributed by atoms with Crippen LogP contribution in [0.5, 0.6) is 0 Å². The van der Waals surface area contributed by atoms with Crippen molar-refractivity contribution in [1.82, 2.24) is 10.2 Å². The Labute approximate surface area is 136 Å². The summed E-state index contributed by atoms with van der Waals surface area (Å²) in [5.41, 5.74) is 2.25. The van der Waals surface area contributed by atoms with Crippen LogP contribution in [-0.2, 0) is 12.8 Å². The third-order valence-corrected chi connectivity index (χ3v) is 4.15. The van der Waals surface area contributed by atoms with Crippen molar-refractivity contribution in [2.75, 3.05) is 0 Å². The Morgan fingerprint density at radius 3 is 2.57 bits per heavy atom. The number of nitrogens with one attached hydrogen (secondary N) is 1. The Morgan fingerprint density at radius 1 is 1.09 bits per heavy atom. The highest BCUT2D eigenvalue weighted by Crippen LogP contribution is 2.15. The molecule has 23 heavy (non-hydrogen) atoms. The first kappa shape index (κ1) is 15.3. The van der Waals surface area contributed by atoms with Gasteiger partial charge in [0.1, 0.15) is 11.5 Å². The number of aromatic amines is 1. The first-order valence-corrected chi connectivity index (χ1v) is 7.93. The number of benzene rings is 1. The fourth-order valence-corrected chi connectivity index (χ4v) is 2.92. The van der Waals surface area contributed by atoms with E-state index < -0.39 is 0 Å². The summed E-state index contributed by atoms with van der Waals surface area (Å²) < 4.78 is 12.9. The molecule has 2 aromatic heterocycles. The molecule has 3 rings (SSSR count). The molecular formula is C17H13FN2O2S. The summed E-state index contributed by atoms with van der Waals surface area (Å²) in [6.45, 7) is 0. The van der Waals surface area contributed by atoms with Crippen molar-refractivity contribution in [2.24, 2.45) is 0 Å². The number of rotatable bonds is 6. The first-order valence-electron chi connectivity index (χ1n) is 6.99. The zero-order valence-electron chi connectivity index (χ0n) is 12.1. The zero-order chi connectivity index (χ0) is 16.2. The Bertz CT molecular complexity index is 823. The van der Waals surface area contributed by atoms with Gasteiger partial charge in [0, 0.05) is 29.3 Å². The third kappa shape index (κ3) is 3.60. The molecular weight excluding hydrogens is 315 g/mol. The van der Waals surface area contributed by atoms with Crippen molar-refractivity contribution >= 4 is 22.9 Å². The SMILES string of the molecule is O=C(Cc1cn[nH]c1C(=O)Cc1ccc(F)cc1)c1ccsc1. The van der Waals surface area contributed by atoms with Gasteiger partial charge in [0.05, 0.1) is 6.20 Å². The number of hydrogen-bond acceptors (Lipinski definition) is 4. The predicted molar refractivity (Wildman–Crippen MR) is 85.4 cm³/mol. The maximum absolute atomic E-state index is 12.9. The van der Waals surface area contributed by atoms with Gasteiger partial charge < -0.3 is 0 Å². The molecule has 3 aromatic rings. The molecule has 1 N–H and O–H groups in total. The standard InChI is InChI=1S/C17H13FN2O2S/c18-14-3-1-11(2-4-14)7-16(22)17-13(9-19-20-17)8-15(21)12-5-6-23-10-12/h1-6,9-10H,7-8H2,(H,19,20). The van der Waals surface area contributed by atoms with Gasteiger partial charge in [-0.15, -0.1) is 0 Å². The monoisotopic (exact) mass is 328 g/mol. The third-order valence-electron chi connectivity index (χ3n) is 3.47.